The van der Waals surface area contributed by atoms with Crippen molar-refractivity contribution in [2.75, 3.05) is 26.3 Å². The predicted molar refractivity (Wildman–Crippen MR) is 79.8 cm³/mol. The van der Waals surface area contributed by atoms with Crippen molar-refractivity contribution in [3.8, 4) is 0 Å². The van der Waals surface area contributed by atoms with E-state index in [4.69, 9.17) is 4.74 Å². The number of amides is 2. The first kappa shape index (κ1) is 15.5. The molecule has 114 valence electrons. The minimum absolute atomic E-state index is 0.0534. The molecule has 1 atom stereocenters. The van der Waals surface area contributed by atoms with E-state index in [0.29, 0.717) is 26.3 Å². The fourth-order valence-electron chi connectivity index (χ4n) is 2.41. The molecule has 0 aliphatic carbocycles. The van der Waals surface area contributed by atoms with Gasteiger partial charge in [0.05, 0.1) is 25.7 Å². The van der Waals surface area contributed by atoms with E-state index in [1.165, 1.54) is 6.92 Å². The number of nitrogens with zero attached hydrogens (tertiary/aromatic N) is 1. The molecule has 5 nitrogen and oxygen atoms in total. The second-order valence-corrected chi connectivity index (χ2v) is 5.36. The minimum Gasteiger partial charge on any atom is -0.378 e. The van der Waals surface area contributed by atoms with Gasteiger partial charge in [0.25, 0.3) is 0 Å². The lowest BCUT2D eigenvalue weighted by atomic mass is 10.0. The summed E-state index contributed by atoms with van der Waals surface area (Å²) in [6.45, 7) is 5.90. The van der Waals surface area contributed by atoms with Crippen LogP contribution in [0.5, 0.6) is 0 Å². The lowest BCUT2D eigenvalue weighted by Crippen LogP contribution is -2.42. The molecule has 0 bridgehead atoms. The number of morpholine rings is 1. The second-order valence-electron chi connectivity index (χ2n) is 5.36. The Morgan fingerprint density at radius 1 is 1.24 bits per heavy atom. The topological polar surface area (TPSA) is 58.6 Å². The Balaban J connectivity index is 2.06. The molecule has 21 heavy (non-hydrogen) atoms. The largest absolute Gasteiger partial charge is 0.378 e. The molecule has 2 rings (SSSR count). The zero-order valence-electron chi connectivity index (χ0n) is 12.6. The van der Waals surface area contributed by atoms with Crippen molar-refractivity contribution in [3.63, 3.8) is 0 Å². The van der Waals surface area contributed by atoms with E-state index in [2.05, 4.69) is 5.32 Å². The third kappa shape index (κ3) is 4.56. The van der Waals surface area contributed by atoms with Crippen LogP contribution in [0, 0.1) is 6.92 Å². The van der Waals surface area contributed by atoms with Crippen molar-refractivity contribution in [1.29, 1.82) is 0 Å². The number of hydrogen-bond donors (Lipinski definition) is 1. The average molecular weight is 290 g/mol. The van der Waals surface area contributed by atoms with E-state index in [1.54, 1.807) is 4.90 Å². The molecular formula is C16H22N2O3. The summed E-state index contributed by atoms with van der Waals surface area (Å²) in [4.78, 5) is 25.5. The molecule has 0 unspecified atom stereocenters. The summed E-state index contributed by atoms with van der Waals surface area (Å²) in [5, 5.41) is 2.87. The number of hydrogen-bond acceptors (Lipinski definition) is 3. The molecule has 0 radical (unpaired) electrons. The Bertz CT molecular complexity index is 493. The van der Waals surface area contributed by atoms with Gasteiger partial charge >= 0.3 is 0 Å². The van der Waals surface area contributed by atoms with Gasteiger partial charge in [0.1, 0.15) is 0 Å². The number of carbonyl (C=O) groups excluding carboxylic acids is 2. The summed E-state index contributed by atoms with van der Waals surface area (Å²) < 4.78 is 5.25. The Labute approximate surface area is 125 Å². The van der Waals surface area contributed by atoms with E-state index in [9.17, 15) is 9.59 Å². The third-order valence-electron chi connectivity index (χ3n) is 3.60. The van der Waals surface area contributed by atoms with Crippen LogP contribution in [0.4, 0.5) is 0 Å². The lowest BCUT2D eigenvalue weighted by molar-refractivity contribution is -0.136. The van der Waals surface area contributed by atoms with E-state index in [-0.39, 0.29) is 24.3 Å². The van der Waals surface area contributed by atoms with Crippen molar-refractivity contribution in [2.45, 2.75) is 26.3 Å². The lowest BCUT2D eigenvalue weighted by Gasteiger charge is -2.29. The molecule has 0 saturated carbocycles. The maximum atomic E-state index is 12.3. The van der Waals surface area contributed by atoms with Gasteiger partial charge in [-0.3, -0.25) is 9.59 Å². The second kappa shape index (κ2) is 7.22. The van der Waals surface area contributed by atoms with Crippen molar-refractivity contribution in [3.05, 3.63) is 35.4 Å². The smallest absolute Gasteiger partial charge is 0.225 e. The normalized spacial score (nSPS) is 16.4. The van der Waals surface area contributed by atoms with Gasteiger partial charge in [-0.15, -0.1) is 0 Å². The van der Waals surface area contributed by atoms with Gasteiger partial charge in [-0.25, -0.2) is 0 Å². The zero-order chi connectivity index (χ0) is 15.2. The van der Waals surface area contributed by atoms with Crippen molar-refractivity contribution in [2.24, 2.45) is 0 Å². The summed E-state index contributed by atoms with van der Waals surface area (Å²) in [6.07, 6.45) is 0.280. The maximum absolute atomic E-state index is 12.3. The van der Waals surface area contributed by atoms with Crippen LogP contribution >= 0.6 is 0 Å². The highest BCUT2D eigenvalue weighted by molar-refractivity contribution is 5.79. The molecule has 1 heterocycles. The summed E-state index contributed by atoms with van der Waals surface area (Å²) in [6, 6.07) is 7.62. The summed E-state index contributed by atoms with van der Waals surface area (Å²) in [5.41, 5.74) is 2.11. The summed E-state index contributed by atoms with van der Waals surface area (Å²) in [7, 11) is 0. The maximum Gasteiger partial charge on any atom is 0.225 e. The Hall–Kier alpha value is -1.88. The Morgan fingerprint density at radius 2 is 1.86 bits per heavy atom. The molecular weight excluding hydrogens is 268 g/mol. The van der Waals surface area contributed by atoms with Gasteiger partial charge in [-0.05, 0) is 12.5 Å². The molecule has 0 spiro atoms. The average Bonchev–Trinajstić information content (AvgIpc) is 2.48. The van der Waals surface area contributed by atoms with E-state index >= 15 is 0 Å². The molecule has 1 aromatic carbocycles. The zero-order valence-corrected chi connectivity index (χ0v) is 12.6. The molecule has 2 amide bonds. The highest BCUT2D eigenvalue weighted by Gasteiger charge is 2.22. The predicted octanol–water partition coefficient (Wildman–Crippen LogP) is 1.42. The van der Waals surface area contributed by atoms with E-state index in [0.717, 1.165) is 11.1 Å². The monoisotopic (exact) mass is 290 g/mol. The molecule has 1 saturated heterocycles. The van der Waals surface area contributed by atoms with Gasteiger partial charge in [-0.1, -0.05) is 29.8 Å². The van der Waals surface area contributed by atoms with Crippen LogP contribution in [-0.2, 0) is 14.3 Å². The molecule has 1 aliphatic heterocycles. The van der Waals surface area contributed by atoms with Crippen LogP contribution < -0.4 is 5.32 Å². The number of carbonyl (C=O) groups is 2. The van der Waals surface area contributed by atoms with E-state index in [1.807, 2.05) is 31.2 Å². The van der Waals surface area contributed by atoms with Crippen LogP contribution in [0.25, 0.3) is 0 Å². The first-order chi connectivity index (χ1) is 10.1. The molecule has 0 aromatic heterocycles. The summed E-state index contributed by atoms with van der Waals surface area (Å²) in [5.74, 6) is -0.0759. The fraction of sp³-hybridized carbons (Fsp3) is 0.500. The molecule has 1 aliphatic rings. The standard InChI is InChI=1S/C16H22N2O3/c1-12-3-5-14(6-4-12)15(17-13(2)19)11-16(20)18-7-9-21-10-8-18/h3-6,15H,7-11H2,1-2H3,(H,17,19)/t15-/m0/s1. The highest BCUT2D eigenvalue weighted by Crippen LogP contribution is 2.19. The number of ether oxygens (including phenoxy) is 1. The molecule has 1 N–H and O–H groups in total. The van der Waals surface area contributed by atoms with E-state index < -0.39 is 0 Å². The van der Waals surface area contributed by atoms with Gasteiger partial charge in [0, 0.05) is 20.0 Å². The van der Waals surface area contributed by atoms with Crippen molar-refractivity contribution < 1.29 is 14.3 Å². The van der Waals surface area contributed by atoms with Crippen LogP contribution in [0.2, 0.25) is 0 Å². The number of benzene rings is 1. The van der Waals surface area contributed by atoms with Gasteiger partial charge in [0.15, 0.2) is 0 Å². The van der Waals surface area contributed by atoms with Crippen molar-refractivity contribution in [1.82, 2.24) is 10.2 Å². The molecule has 1 fully saturated rings. The Morgan fingerprint density at radius 3 is 2.43 bits per heavy atom. The first-order valence-corrected chi connectivity index (χ1v) is 7.25. The van der Waals surface area contributed by atoms with Crippen LogP contribution in [-0.4, -0.2) is 43.0 Å². The Kier molecular flexibility index (Phi) is 5.33. The molecule has 5 heteroatoms. The molecule has 1 aromatic rings. The first-order valence-electron chi connectivity index (χ1n) is 7.25. The minimum atomic E-state index is -0.279. The van der Waals surface area contributed by atoms with Gasteiger partial charge in [-0.2, -0.15) is 0 Å². The number of aryl methyl sites for hydroxylation is 1. The van der Waals surface area contributed by atoms with Gasteiger partial charge < -0.3 is 15.0 Å². The highest BCUT2D eigenvalue weighted by atomic mass is 16.5. The quantitative estimate of drug-likeness (QED) is 0.912. The number of nitrogens with one attached hydrogen (secondary N) is 1. The van der Waals surface area contributed by atoms with Crippen LogP contribution in [0.3, 0.4) is 0 Å². The van der Waals surface area contributed by atoms with Crippen LogP contribution in [0.15, 0.2) is 24.3 Å². The van der Waals surface area contributed by atoms with Crippen molar-refractivity contribution >= 4 is 11.8 Å². The summed E-state index contributed by atoms with van der Waals surface area (Å²) >= 11 is 0. The SMILES string of the molecule is CC(=O)N[C@@H](CC(=O)N1CCOCC1)c1ccc(C)cc1. The fourth-order valence-corrected chi connectivity index (χ4v) is 2.41. The third-order valence-corrected chi connectivity index (χ3v) is 3.60. The number of rotatable bonds is 4. The van der Waals surface area contributed by atoms with Gasteiger partial charge in [0.2, 0.25) is 11.8 Å². The van der Waals surface area contributed by atoms with Crippen LogP contribution in [0.1, 0.15) is 30.5 Å².